The molecule has 0 aromatic heterocycles. The number of carbonyl (C=O) groups is 3. The second kappa shape index (κ2) is 4.31. The molecule has 3 amide bonds. The van der Waals surface area contributed by atoms with Gasteiger partial charge in [0.05, 0.1) is 17.5 Å². The van der Waals surface area contributed by atoms with E-state index in [0.29, 0.717) is 18.5 Å². The fourth-order valence-electron chi connectivity index (χ4n) is 4.66. The molecule has 0 spiro atoms. The molecule has 1 saturated carbocycles. The summed E-state index contributed by atoms with van der Waals surface area (Å²) in [4.78, 5) is 38.5. The number of carbonyl (C=O) groups excluding carboxylic acids is 3. The molecule has 5 heteroatoms. The number of nitrogens with zero attached hydrogens (tertiary/aromatic N) is 1. The van der Waals surface area contributed by atoms with E-state index < -0.39 is 0 Å². The standard InChI is InChI=1S/C18H16N2O3/c21-14-6-4-9-3-5-12(8-13(9)19-14)20-17(22)15-10-1-2-11(7-10)16(15)18(20)23/h1-3,5,8,10-11,15-16H,4,6-7H2,(H,19,21)/t10-,11-,15-,16+/m1/s1. The highest BCUT2D eigenvalue weighted by Crippen LogP contribution is 2.53. The Balaban J connectivity index is 1.53. The number of rotatable bonds is 1. The van der Waals surface area contributed by atoms with Gasteiger partial charge in [0, 0.05) is 12.1 Å². The van der Waals surface area contributed by atoms with Crippen LogP contribution in [0.2, 0.25) is 0 Å². The molecule has 4 atom stereocenters. The van der Waals surface area contributed by atoms with E-state index in [9.17, 15) is 14.4 Å². The molecule has 2 fully saturated rings. The highest BCUT2D eigenvalue weighted by Gasteiger charge is 2.59. The van der Waals surface area contributed by atoms with Gasteiger partial charge in [-0.3, -0.25) is 14.4 Å². The van der Waals surface area contributed by atoms with Crippen LogP contribution in [0.3, 0.4) is 0 Å². The fraction of sp³-hybridized carbons (Fsp3) is 0.389. The molecule has 4 aliphatic rings. The zero-order chi connectivity index (χ0) is 15.7. The fourth-order valence-corrected chi connectivity index (χ4v) is 4.66. The first-order valence-corrected chi connectivity index (χ1v) is 8.12. The monoisotopic (exact) mass is 308 g/mol. The Kier molecular flexibility index (Phi) is 2.45. The van der Waals surface area contributed by atoms with Crippen LogP contribution in [0.15, 0.2) is 30.4 Å². The SMILES string of the molecule is O=C1CCc2ccc(N3C(=O)[C@@H]4[C@H](C3=O)[C@@H]3C=C[C@@H]4C3)cc2N1. The third-order valence-electron chi connectivity index (χ3n) is 5.72. The van der Waals surface area contributed by atoms with Crippen LogP contribution in [0, 0.1) is 23.7 Å². The van der Waals surface area contributed by atoms with E-state index in [0.717, 1.165) is 17.7 Å². The molecular formula is C18H16N2O3. The van der Waals surface area contributed by atoms with Crippen LogP contribution in [-0.4, -0.2) is 17.7 Å². The van der Waals surface area contributed by atoms with E-state index in [1.807, 2.05) is 12.1 Å². The molecule has 1 saturated heterocycles. The van der Waals surface area contributed by atoms with Gasteiger partial charge in [-0.1, -0.05) is 18.2 Å². The first-order valence-electron chi connectivity index (χ1n) is 8.12. The lowest BCUT2D eigenvalue weighted by Crippen LogP contribution is -2.33. The molecule has 5 nitrogen and oxygen atoms in total. The summed E-state index contributed by atoms with van der Waals surface area (Å²) >= 11 is 0. The molecule has 0 unspecified atom stereocenters. The van der Waals surface area contributed by atoms with Crippen molar-refractivity contribution in [1.29, 1.82) is 0 Å². The van der Waals surface area contributed by atoms with Gasteiger partial charge in [-0.15, -0.1) is 0 Å². The molecule has 1 N–H and O–H groups in total. The van der Waals surface area contributed by atoms with Gasteiger partial charge in [-0.2, -0.15) is 0 Å². The van der Waals surface area contributed by atoms with E-state index in [4.69, 9.17) is 0 Å². The molecule has 5 rings (SSSR count). The third-order valence-corrected chi connectivity index (χ3v) is 5.72. The molecule has 2 bridgehead atoms. The molecule has 2 aliphatic heterocycles. The number of anilines is 2. The second-order valence-corrected chi connectivity index (χ2v) is 6.90. The summed E-state index contributed by atoms with van der Waals surface area (Å²) < 4.78 is 0. The van der Waals surface area contributed by atoms with E-state index in [1.54, 1.807) is 6.07 Å². The number of hydrogen-bond donors (Lipinski definition) is 1. The zero-order valence-electron chi connectivity index (χ0n) is 12.5. The normalized spacial score (nSPS) is 33.9. The Hall–Kier alpha value is -2.43. The number of nitrogens with one attached hydrogen (secondary N) is 1. The number of allylic oxidation sites excluding steroid dienone is 2. The Morgan fingerprint density at radius 2 is 1.65 bits per heavy atom. The number of imide groups is 1. The lowest BCUT2D eigenvalue weighted by molar-refractivity contribution is -0.123. The smallest absolute Gasteiger partial charge is 0.238 e. The number of aryl methyl sites for hydroxylation is 1. The van der Waals surface area contributed by atoms with E-state index in [1.165, 1.54) is 4.90 Å². The molecule has 2 heterocycles. The van der Waals surface area contributed by atoms with Crippen LogP contribution in [0.25, 0.3) is 0 Å². The van der Waals surface area contributed by atoms with Gasteiger partial charge in [0.1, 0.15) is 0 Å². The van der Waals surface area contributed by atoms with Gasteiger partial charge < -0.3 is 5.32 Å². The van der Waals surface area contributed by atoms with Gasteiger partial charge in [0.15, 0.2) is 0 Å². The summed E-state index contributed by atoms with van der Waals surface area (Å²) in [7, 11) is 0. The second-order valence-electron chi connectivity index (χ2n) is 6.90. The predicted octanol–water partition coefficient (Wildman–Crippen LogP) is 1.88. The van der Waals surface area contributed by atoms with Gasteiger partial charge >= 0.3 is 0 Å². The number of benzene rings is 1. The van der Waals surface area contributed by atoms with Crippen molar-refractivity contribution in [3.05, 3.63) is 35.9 Å². The van der Waals surface area contributed by atoms with Crippen LogP contribution in [0.1, 0.15) is 18.4 Å². The molecular weight excluding hydrogens is 292 g/mol. The third kappa shape index (κ3) is 1.65. The zero-order valence-corrected chi connectivity index (χ0v) is 12.5. The minimum atomic E-state index is -0.192. The minimum Gasteiger partial charge on any atom is -0.326 e. The van der Waals surface area contributed by atoms with Gasteiger partial charge in [-0.05, 0) is 42.4 Å². The maximum atomic E-state index is 12.8. The molecule has 0 radical (unpaired) electrons. The molecule has 116 valence electrons. The maximum Gasteiger partial charge on any atom is 0.238 e. The van der Waals surface area contributed by atoms with Crippen molar-refractivity contribution in [1.82, 2.24) is 0 Å². The Morgan fingerprint density at radius 3 is 2.35 bits per heavy atom. The van der Waals surface area contributed by atoms with Crippen molar-refractivity contribution in [3.8, 4) is 0 Å². The maximum absolute atomic E-state index is 12.8. The summed E-state index contributed by atoms with van der Waals surface area (Å²) in [6, 6.07) is 5.49. The summed E-state index contributed by atoms with van der Waals surface area (Å²) in [5.41, 5.74) is 2.35. The largest absolute Gasteiger partial charge is 0.326 e. The van der Waals surface area contributed by atoms with Crippen molar-refractivity contribution >= 4 is 29.1 Å². The van der Waals surface area contributed by atoms with Crippen molar-refractivity contribution in [3.63, 3.8) is 0 Å². The Labute approximate surface area is 133 Å². The summed E-state index contributed by atoms with van der Waals surface area (Å²) in [6.45, 7) is 0. The minimum absolute atomic E-state index is 0.0205. The van der Waals surface area contributed by atoms with E-state index in [-0.39, 0.29) is 41.4 Å². The van der Waals surface area contributed by atoms with Crippen molar-refractivity contribution < 1.29 is 14.4 Å². The van der Waals surface area contributed by atoms with Crippen LogP contribution in [-0.2, 0) is 20.8 Å². The highest BCUT2D eigenvalue weighted by atomic mass is 16.2. The Morgan fingerprint density at radius 1 is 0.957 bits per heavy atom. The topological polar surface area (TPSA) is 66.5 Å². The van der Waals surface area contributed by atoms with Crippen LogP contribution >= 0.6 is 0 Å². The van der Waals surface area contributed by atoms with Crippen LogP contribution in [0.5, 0.6) is 0 Å². The summed E-state index contributed by atoms with van der Waals surface area (Å²) in [5, 5.41) is 2.83. The molecule has 1 aromatic rings. The van der Waals surface area contributed by atoms with Crippen molar-refractivity contribution in [2.24, 2.45) is 23.7 Å². The first kappa shape index (κ1) is 13.0. The quantitative estimate of drug-likeness (QED) is 0.636. The molecule has 1 aromatic carbocycles. The molecule has 23 heavy (non-hydrogen) atoms. The van der Waals surface area contributed by atoms with Gasteiger partial charge in [0.2, 0.25) is 17.7 Å². The van der Waals surface area contributed by atoms with Crippen molar-refractivity contribution in [2.45, 2.75) is 19.3 Å². The average Bonchev–Trinajstić information content (AvgIpc) is 3.21. The first-order chi connectivity index (χ1) is 11.1. The van der Waals surface area contributed by atoms with Crippen LogP contribution in [0.4, 0.5) is 11.4 Å². The average molecular weight is 308 g/mol. The lowest BCUT2D eigenvalue weighted by atomic mass is 9.85. The van der Waals surface area contributed by atoms with Crippen molar-refractivity contribution in [2.75, 3.05) is 10.2 Å². The van der Waals surface area contributed by atoms with Gasteiger partial charge in [0.25, 0.3) is 0 Å². The number of amides is 3. The van der Waals surface area contributed by atoms with Crippen LogP contribution < -0.4 is 10.2 Å². The van der Waals surface area contributed by atoms with E-state index >= 15 is 0 Å². The summed E-state index contributed by atoms with van der Waals surface area (Å²) in [6.07, 6.45) is 6.29. The summed E-state index contributed by atoms with van der Waals surface area (Å²) in [5.74, 6) is -0.149. The number of hydrogen-bond acceptors (Lipinski definition) is 3. The highest BCUT2D eigenvalue weighted by molar-refractivity contribution is 6.23. The van der Waals surface area contributed by atoms with E-state index in [2.05, 4.69) is 17.5 Å². The Bertz CT molecular complexity index is 767. The lowest BCUT2D eigenvalue weighted by Gasteiger charge is -2.21. The van der Waals surface area contributed by atoms with Gasteiger partial charge in [-0.25, -0.2) is 4.90 Å². The predicted molar refractivity (Wildman–Crippen MR) is 83.6 cm³/mol. The molecule has 2 aliphatic carbocycles. The number of fused-ring (bicyclic) bond motifs is 6.